The number of carbonyl (C=O) groups excluding carboxylic acids is 1. The van der Waals surface area contributed by atoms with Crippen molar-refractivity contribution in [2.24, 2.45) is 11.3 Å². The number of alkyl halides is 2. The summed E-state index contributed by atoms with van der Waals surface area (Å²) in [7, 11) is 0. The van der Waals surface area contributed by atoms with Crippen molar-refractivity contribution < 1.29 is 33.4 Å². The summed E-state index contributed by atoms with van der Waals surface area (Å²) in [6.45, 7) is 1.17. The molecule has 0 fully saturated rings. The van der Waals surface area contributed by atoms with E-state index < -0.39 is 29.7 Å². The second-order valence-corrected chi connectivity index (χ2v) is 4.80. The Kier molecular flexibility index (Phi) is 9.29. The van der Waals surface area contributed by atoms with Crippen molar-refractivity contribution in [1.82, 2.24) is 0 Å². The molecule has 0 spiro atoms. The molecule has 0 saturated carbocycles. The summed E-state index contributed by atoms with van der Waals surface area (Å²) in [6.07, 6.45) is 0.608. The minimum absolute atomic E-state index is 0.329. The zero-order valence-electron chi connectivity index (χ0n) is 13.2. The van der Waals surface area contributed by atoms with E-state index in [0.717, 1.165) is 24.3 Å². The minimum Gasteiger partial charge on any atom is -0.480 e. The molecule has 2 atom stereocenters. The lowest BCUT2D eigenvalue weighted by Crippen LogP contribution is -2.45. The van der Waals surface area contributed by atoms with E-state index in [2.05, 4.69) is 0 Å². The van der Waals surface area contributed by atoms with Crippen molar-refractivity contribution in [3.63, 3.8) is 0 Å². The summed E-state index contributed by atoms with van der Waals surface area (Å²) in [5.74, 6) is -4.39. The summed E-state index contributed by atoms with van der Waals surface area (Å²) in [5.41, 5.74) is -2.78. The number of hydrogen-bond donors (Lipinski definition) is 3. The Balaban J connectivity index is 0.000000524. The van der Waals surface area contributed by atoms with E-state index in [1.807, 2.05) is 36.4 Å². The van der Waals surface area contributed by atoms with Crippen molar-refractivity contribution in [3.05, 3.63) is 60.2 Å². The van der Waals surface area contributed by atoms with Gasteiger partial charge in [-0.3, -0.25) is 4.79 Å². The van der Waals surface area contributed by atoms with Crippen LogP contribution in [0, 0.1) is 16.7 Å². The number of isocyanates is 1. The van der Waals surface area contributed by atoms with Crippen LogP contribution in [0.4, 0.5) is 8.78 Å². The van der Waals surface area contributed by atoms with Gasteiger partial charge in [0, 0.05) is 11.5 Å². The zero-order chi connectivity index (χ0) is 19.5. The summed E-state index contributed by atoms with van der Waals surface area (Å²) in [4.78, 5) is 30.0. The van der Waals surface area contributed by atoms with Gasteiger partial charge in [-0.1, -0.05) is 61.5 Å². The number of carboxylic acids is 2. The van der Waals surface area contributed by atoms with E-state index in [0.29, 0.717) is 0 Å². The summed E-state index contributed by atoms with van der Waals surface area (Å²) in [6, 6.07) is 12.0. The first-order chi connectivity index (χ1) is 11.8. The molecular weight excluding hydrogens is 336 g/mol. The first-order valence-electron chi connectivity index (χ1n) is 6.93. The van der Waals surface area contributed by atoms with Gasteiger partial charge >= 0.3 is 11.9 Å². The van der Waals surface area contributed by atoms with Crippen LogP contribution in [-0.4, -0.2) is 34.7 Å². The molecule has 25 heavy (non-hydrogen) atoms. The van der Waals surface area contributed by atoms with E-state index in [1.165, 1.54) is 6.92 Å². The number of nitrogens with one attached hydrogen (secondary N) is 1. The summed E-state index contributed by atoms with van der Waals surface area (Å²) in [5, 5.41) is 23.0. The van der Waals surface area contributed by atoms with Gasteiger partial charge in [0.05, 0.1) is 0 Å². The predicted molar refractivity (Wildman–Crippen MR) is 85.0 cm³/mol. The Morgan fingerprint density at radius 2 is 1.56 bits per heavy atom. The maximum absolute atomic E-state index is 12.9. The van der Waals surface area contributed by atoms with E-state index in [1.54, 1.807) is 0 Å². The Hall–Kier alpha value is -3.12. The molecule has 0 amide bonds. The van der Waals surface area contributed by atoms with Crippen LogP contribution in [0.3, 0.4) is 0 Å². The lowest BCUT2D eigenvalue weighted by molar-refractivity contribution is -0.158. The molecule has 1 aromatic carbocycles. The molecule has 0 bridgehead atoms. The molecule has 2 unspecified atom stereocenters. The molecule has 1 aromatic rings. The molecule has 134 valence electrons. The normalized spacial score (nSPS) is 20.8. The van der Waals surface area contributed by atoms with E-state index in [-0.39, 0.29) is 5.57 Å². The van der Waals surface area contributed by atoms with Crippen molar-refractivity contribution in [3.8, 4) is 0 Å². The fourth-order valence-corrected chi connectivity index (χ4v) is 2.11. The third-order valence-electron chi connectivity index (χ3n) is 3.48. The molecule has 0 radical (unpaired) electrons. The monoisotopic (exact) mass is 353 g/mol. The highest BCUT2D eigenvalue weighted by molar-refractivity contribution is 5.91. The number of carbonyl (C=O) groups is 2. The molecule has 1 aliphatic carbocycles. The topological polar surface area (TPSA) is 116 Å². The maximum Gasteiger partial charge on any atom is 0.331 e. The second-order valence-electron chi connectivity index (χ2n) is 4.80. The standard InChI is InChI=1S/C10H10F2O4.C6H6.CHNO/c1-5-6(7(13)14)3-2-4-10(5,8(11)12)9(15)16;1-2-4-6-5-3-1;2-1-3/h2-5,8H,1H3,(H,13,14)(H,15,16);1-6H;2H. The summed E-state index contributed by atoms with van der Waals surface area (Å²) >= 11 is 0. The number of aliphatic carboxylic acids is 2. The Labute approximate surface area is 142 Å². The van der Waals surface area contributed by atoms with E-state index in [9.17, 15) is 18.4 Å². The number of allylic oxidation sites excluding steroid dienone is 2. The van der Waals surface area contributed by atoms with Crippen molar-refractivity contribution >= 4 is 18.0 Å². The molecular formula is C17H17F2NO5. The van der Waals surface area contributed by atoms with Crippen molar-refractivity contribution in [2.45, 2.75) is 13.3 Å². The van der Waals surface area contributed by atoms with Gasteiger partial charge in [0.2, 0.25) is 6.08 Å². The molecule has 1 aliphatic rings. The van der Waals surface area contributed by atoms with Crippen LogP contribution in [0.25, 0.3) is 0 Å². The second kappa shape index (κ2) is 10.6. The van der Waals surface area contributed by atoms with Gasteiger partial charge in [-0.2, -0.15) is 0 Å². The van der Waals surface area contributed by atoms with Gasteiger partial charge in [0.15, 0.2) is 5.41 Å². The molecule has 2 rings (SSSR count). The minimum atomic E-state index is -3.17. The average molecular weight is 353 g/mol. The fraction of sp³-hybridized carbons (Fsp3) is 0.235. The average Bonchev–Trinajstić information content (AvgIpc) is 2.57. The number of carboxylic acid groups (broad SMARTS) is 2. The molecule has 6 nitrogen and oxygen atoms in total. The van der Waals surface area contributed by atoms with E-state index >= 15 is 0 Å². The maximum atomic E-state index is 12.9. The number of hydrogen-bond acceptors (Lipinski definition) is 4. The smallest absolute Gasteiger partial charge is 0.331 e. The van der Waals surface area contributed by atoms with Crippen molar-refractivity contribution in [1.29, 1.82) is 5.41 Å². The van der Waals surface area contributed by atoms with Gasteiger partial charge in [-0.05, 0) is 0 Å². The Bertz CT molecular complexity index is 640. The highest BCUT2D eigenvalue weighted by Crippen LogP contribution is 2.42. The highest BCUT2D eigenvalue weighted by Gasteiger charge is 2.53. The van der Waals surface area contributed by atoms with Crippen LogP contribution in [0.1, 0.15) is 6.92 Å². The van der Waals surface area contributed by atoms with Gasteiger partial charge in [-0.25, -0.2) is 23.8 Å². The molecule has 0 saturated heterocycles. The van der Waals surface area contributed by atoms with Crippen LogP contribution in [0.15, 0.2) is 60.2 Å². The highest BCUT2D eigenvalue weighted by atomic mass is 19.3. The van der Waals surface area contributed by atoms with Crippen LogP contribution in [-0.2, 0) is 14.4 Å². The van der Waals surface area contributed by atoms with Gasteiger partial charge in [0.25, 0.3) is 6.43 Å². The predicted octanol–water partition coefficient (Wildman–Crippen LogP) is 3.13. The zero-order valence-corrected chi connectivity index (χ0v) is 13.2. The first-order valence-corrected chi connectivity index (χ1v) is 6.93. The fourth-order valence-electron chi connectivity index (χ4n) is 2.11. The van der Waals surface area contributed by atoms with Gasteiger partial charge in [0.1, 0.15) is 0 Å². The third kappa shape index (κ3) is 5.78. The number of halogens is 2. The summed E-state index contributed by atoms with van der Waals surface area (Å²) < 4.78 is 25.7. The van der Waals surface area contributed by atoms with E-state index in [4.69, 9.17) is 20.4 Å². The molecule has 3 N–H and O–H groups in total. The third-order valence-corrected chi connectivity index (χ3v) is 3.48. The quantitative estimate of drug-likeness (QED) is 0.570. The van der Waals surface area contributed by atoms with Crippen molar-refractivity contribution in [2.75, 3.05) is 0 Å². The SMILES string of the molecule is CC1C(C(=O)O)=CC=CC1(C(=O)O)C(F)F.N=C=O.c1ccccc1. The van der Waals surface area contributed by atoms with Gasteiger partial charge < -0.3 is 10.2 Å². The van der Waals surface area contributed by atoms with Crippen LogP contribution in [0.2, 0.25) is 0 Å². The lowest BCUT2D eigenvalue weighted by atomic mass is 9.70. The molecule has 0 aliphatic heterocycles. The molecule has 0 heterocycles. The van der Waals surface area contributed by atoms with Crippen LogP contribution in [0.5, 0.6) is 0 Å². The number of rotatable bonds is 3. The van der Waals surface area contributed by atoms with Crippen LogP contribution < -0.4 is 0 Å². The molecule has 0 aromatic heterocycles. The largest absolute Gasteiger partial charge is 0.480 e. The van der Waals surface area contributed by atoms with Crippen LogP contribution >= 0.6 is 0 Å². The number of benzene rings is 1. The lowest BCUT2D eigenvalue weighted by Gasteiger charge is -2.33. The molecule has 8 heteroatoms. The first kappa shape index (κ1) is 21.9. The van der Waals surface area contributed by atoms with Gasteiger partial charge in [-0.15, -0.1) is 0 Å². The Morgan fingerprint density at radius 1 is 1.16 bits per heavy atom. The Morgan fingerprint density at radius 3 is 1.84 bits per heavy atom.